The van der Waals surface area contributed by atoms with E-state index in [1.807, 2.05) is 0 Å². The van der Waals surface area contributed by atoms with E-state index in [0.717, 1.165) is 96.3 Å². The number of hydrogen-bond acceptors (Lipinski definition) is 6. The molecule has 6 nitrogen and oxygen atoms in total. The van der Waals surface area contributed by atoms with E-state index >= 15 is 0 Å². The summed E-state index contributed by atoms with van der Waals surface area (Å²) in [5, 5.41) is 0. The van der Waals surface area contributed by atoms with Crippen molar-refractivity contribution in [1.29, 1.82) is 0 Å². The summed E-state index contributed by atoms with van der Waals surface area (Å²) in [6.07, 6.45) is 91.5. The highest BCUT2D eigenvalue weighted by atomic mass is 16.6. The van der Waals surface area contributed by atoms with Crippen molar-refractivity contribution < 1.29 is 28.6 Å². The molecule has 0 bridgehead atoms. The van der Waals surface area contributed by atoms with E-state index < -0.39 is 6.10 Å². The number of hydrogen-bond donors (Lipinski definition) is 0. The second kappa shape index (κ2) is 67.8. The predicted octanol–water partition coefficient (Wildman–Crippen LogP) is 23.6. The van der Waals surface area contributed by atoms with E-state index in [1.165, 1.54) is 193 Å². The molecular formula is C74H128O6. The van der Waals surface area contributed by atoms with Crippen LogP contribution in [0.4, 0.5) is 0 Å². The molecule has 6 heteroatoms. The molecule has 0 aliphatic heterocycles. The molecule has 1 unspecified atom stereocenters. The minimum absolute atomic E-state index is 0.0918. The summed E-state index contributed by atoms with van der Waals surface area (Å²) in [5.74, 6) is -0.922. The molecule has 0 rings (SSSR count). The Kier molecular flexibility index (Phi) is 64.7. The van der Waals surface area contributed by atoms with Crippen LogP contribution in [0.2, 0.25) is 0 Å². The second-order valence-electron chi connectivity index (χ2n) is 22.7. The number of esters is 3. The van der Waals surface area contributed by atoms with Crippen LogP contribution in [0.5, 0.6) is 0 Å². The van der Waals surface area contributed by atoms with Gasteiger partial charge in [-0.15, -0.1) is 0 Å². The molecule has 0 radical (unpaired) electrons. The van der Waals surface area contributed by atoms with E-state index in [1.54, 1.807) is 0 Å². The van der Waals surface area contributed by atoms with Gasteiger partial charge in [0, 0.05) is 19.3 Å². The first-order valence-corrected chi connectivity index (χ1v) is 34.2. The Bertz CT molecular complexity index is 1560. The first-order valence-electron chi connectivity index (χ1n) is 34.2. The van der Waals surface area contributed by atoms with E-state index in [2.05, 4.69) is 118 Å². The van der Waals surface area contributed by atoms with Crippen molar-refractivity contribution in [2.24, 2.45) is 0 Å². The highest BCUT2D eigenvalue weighted by molar-refractivity contribution is 5.71. The quantitative estimate of drug-likeness (QED) is 0.0261. The van der Waals surface area contributed by atoms with Crippen LogP contribution in [-0.2, 0) is 28.6 Å². The Morgan fingerprint density at radius 3 is 0.787 bits per heavy atom. The molecule has 0 fully saturated rings. The van der Waals surface area contributed by atoms with E-state index in [0.29, 0.717) is 19.3 Å². The van der Waals surface area contributed by atoms with Crippen LogP contribution in [0.3, 0.4) is 0 Å². The van der Waals surface area contributed by atoms with Gasteiger partial charge in [0.1, 0.15) is 13.2 Å². The molecule has 460 valence electrons. The second-order valence-corrected chi connectivity index (χ2v) is 22.7. The third-order valence-corrected chi connectivity index (χ3v) is 14.8. The topological polar surface area (TPSA) is 78.9 Å². The van der Waals surface area contributed by atoms with Crippen LogP contribution in [0.15, 0.2) is 97.2 Å². The van der Waals surface area contributed by atoms with Crippen molar-refractivity contribution >= 4 is 17.9 Å². The van der Waals surface area contributed by atoms with Crippen LogP contribution in [0.1, 0.15) is 335 Å². The first kappa shape index (κ1) is 76.3. The molecule has 0 spiro atoms. The normalized spacial score (nSPS) is 12.7. The summed E-state index contributed by atoms with van der Waals surface area (Å²) in [6, 6.07) is 0. The van der Waals surface area contributed by atoms with Gasteiger partial charge in [0.05, 0.1) is 0 Å². The molecular weight excluding hydrogens is 985 g/mol. The smallest absolute Gasteiger partial charge is 0.306 e. The van der Waals surface area contributed by atoms with Crippen molar-refractivity contribution in [3.8, 4) is 0 Å². The van der Waals surface area contributed by atoms with Gasteiger partial charge < -0.3 is 14.2 Å². The molecule has 1 atom stereocenters. The van der Waals surface area contributed by atoms with Crippen LogP contribution >= 0.6 is 0 Å². The van der Waals surface area contributed by atoms with Crippen molar-refractivity contribution in [3.63, 3.8) is 0 Å². The van der Waals surface area contributed by atoms with Crippen molar-refractivity contribution in [3.05, 3.63) is 97.2 Å². The van der Waals surface area contributed by atoms with Gasteiger partial charge in [0.2, 0.25) is 0 Å². The lowest BCUT2D eigenvalue weighted by Gasteiger charge is -2.18. The average Bonchev–Trinajstić information content (AvgIpc) is 3.46. The minimum Gasteiger partial charge on any atom is -0.462 e. The van der Waals surface area contributed by atoms with Gasteiger partial charge in [-0.2, -0.15) is 0 Å². The van der Waals surface area contributed by atoms with Gasteiger partial charge in [0.25, 0.3) is 0 Å². The van der Waals surface area contributed by atoms with E-state index in [4.69, 9.17) is 14.2 Å². The van der Waals surface area contributed by atoms with E-state index in [9.17, 15) is 14.4 Å². The predicted molar refractivity (Wildman–Crippen MR) is 348 cm³/mol. The average molecular weight is 1110 g/mol. The highest BCUT2D eigenvalue weighted by Crippen LogP contribution is 2.17. The van der Waals surface area contributed by atoms with Crippen LogP contribution in [0.25, 0.3) is 0 Å². The van der Waals surface area contributed by atoms with Crippen LogP contribution in [0, 0.1) is 0 Å². The molecule has 0 aliphatic carbocycles. The number of unbranched alkanes of at least 4 members (excludes halogenated alkanes) is 35. The van der Waals surface area contributed by atoms with Gasteiger partial charge in [0.15, 0.2) is 6.10 Å². The number of ether oxygens (including phenoxy) is 3. The number of rotatable bonds is 62. The van der Waals surface area contributed by atoms with Crippen molar-refractivity contribution in [2.45, 2.75) is 341 Å². The SMILES string of the molecule is CC/C=C\C/C=C\C/C=C\C/C=C\C/C=C\C/C=C\CCCCC(=O)OC(COC(=O)CCCCCCCCCCCCCC)COC(=O)CCCCCCCCCCCCCCCCCCC/C=C\C/C=C\CCCCCCC. The minimum atomic E-state index is -0.800. The lowest BCUT2D eigenvalue weighted by molar-refractivity contribution is -0.167. The molecule has 80 heavy (non-hydrogen) atoms. The number of carbonyl (C=O) groups is 3. The monoisotopic (exact) mass is 1110 g/mol. The largest absolute Gasteiger partial charge is 0.462 e. The summed E-state index contributed by atoms with van der Waals surface area (Å²) in [7, 11) is 0. The summed E-state index contributed by atoms with van der Waals surface area (Å²) in [5.41, 5.74) is 0. The number of carbonyl (C=O) groups excluding carboxylic acids is 3. The van der Waals surface area contributed by atoms with Gasteiger partial charge >= 0.3 is 17.9 Å². The fourth-order valence-electron chi connectivity index (χ4n) is 9.71. The Labute approximate surface area is 496 Å². The molecule has 0 N–H and O–H groups in total. The highest BCUT2D eigenvalue weighted by Gasteiger charge is 2.19. The molecule has 0 aromatic rings. The third-order valence-electron chi connectivity index (χ3n) is 14.8. The third kappa shape index (κ3) is 65.1. The standard InChI is InChI=1S/C74H128O6/c1-4-7-10-13-16-19-22-25-27-29-31-33-34-35-36-37-38-39-40-42-43-45-47-49-52-55-58-61-64-67-73(76)79-70-71(69-78-72(75)66-63-60-57-54-51-24-21-18-15-12-9-6-3)80-74(77)68-65-62-59-56-53-50-48-46-44-41-32-30-28-26-23-20-17-14-11-8-5-2/h8,11,17,20,22,25-26,28-29,31-32,41,46,48,53,56,71H,4-7,9-10,12-16,18-19,21,23-24,27,30,33-40,42-45,47,49-52,54-55,57-70H2,1-3H3/b11-8-,20-17-,25-22-,28-26-,31-29-,41-32-,48-46-,56-53-. The summed E-state index contributed by atoms with van der Waals surface area (Å²) >= 11 is 0. The summed E-state index contributed by atoms with van der Waals surface area (Å²) in [4.78, 5) is 38.3. The van der Waals surface area contributed by atoms with Gasteiger partial charge in [-0.3, -0.25) is 14.4 Å². The molecule has 0 amide bonds. The maximum Gasteiger partial charge on any atom is 0.306 e. The maximum absolute atomic E-state index is 12.9. The van der Waals surface area contributed by atoms with Gasteiger partial charge in [-0.05, 0) is 103 Å². The fraction of sp³-hybridized carbons (Fsp3) is 0.743. The van der Waals surface area contributed by atoms with Crippen LogP contribution < -0.4 is 0 Å². The van der Waals surface area contributed by atoms with E-state index in [-0.39, 0.29) is 37.5 Å². The molecule has 0 aromatic carbocycles. The molecule has 0 saturated carbocycles. The molecule has 0 saturated heterocycles. The summed E-state index contributed by atoms with van der Waals surface area (Å²) in [6.45, 7) is 6.51. The Morgan fingerprint density at radius 2 is 0.487 bits per heavy atom. The Balaban J connectivity index is 4.28. The fourth-order valence-corrected chi connectivity index (χ4v) is 9.71. The lowest BCUT2D eigenvalue weighted by atomic mass is 10.0. The van der Waals surface area contributed by atoms with Gasteiger partial charge in [-0.1, -0.05) is 311 Å². The first-order chi connectivity index (χ1) is 39.5. The summed E-state index contributed by atoms with van der Waals surface area (Å²) < 4.78 is 16.9. The Hall–Kier alpha value is -3.67. The zero-order chi connectivity index (χ0) is 57.8. The maximum atomic E-state index is 12.9. The molecule has 0 aliphatic rings. The molecule has 0 heterocycles. The van der Waals surface area contributed by atoms with Crippen LogP contribution in [-0.4, -0.2) is 37.2 Å². The Morgan fingerprint density at radius 1 is 0.263 bits per heavy atom. The zero-order valence-electron chi connectivity index (χ0n) is 52.8. The van der Waals surface area contributed by atoms with Crippen molar-refractivity contribution in [1.82, 2.24) is 0 Å². The van der Waals surface area contributed by atoms with Crippen molar-refractivity contribution in [2.75, 3.05) is 13.2 Å². The zero-order valence-corrected chi connectivity index (χ0v) is 52.8. The molecule has 0 aromatic heterocycles. The van der Waals surface area contributed by atoms with Gasteiger partial charge in [-0.25, -0.2) is 0 Å². The lowest BCUT2D eigenvalue weighted by Crippen LogP contribution is -2.30. The number of allylic oxidation sites excluding steroid dienone is 16.